The van der Waals surface area contributed by atoms with Crippen molar-refractivity contribution in [1.82, 2.24) is 4.57 Å². The molecule has 25 heavy (non-hydrogen) atoms. The van der Waals surface area contributed by atoms with Gasteiger partial charge in [0.15, 0.2) is 5.78 Å². The number of aryl methyl sites for hydroxylation is 2. The van der Waals surface area contributed by atoms with E-state index in [4.69, 9.17) is 4.74 Å². The summed E-state index contributed by atoms with van der Waals surface area (Å²) in [5, 5.41) is 3.28. The fourth-order valence-electron chi connectivity index (χ4n) is 2.66. The van der Waals surface area contributed by atoms with Crippen LogP contribution in [-0.4, -0.2) is 28.8 Å². The summed E-state index contributed by atoms with van der Waals surface area (Å²) in [6.07, 6.45) is 2.28. The van der Waals surface area contributed by atoms with E-state index in [1.165, 1.54) is 18.3 Å². The third-order valence-electron chi connectivity index (χ3n) is 3.91. The number of ketones is 1. The zero-order valence-corrected chi connectivity index (χ0v) is 15.9. The SMILES string of the molecule is CCOC(=O)c1c(NC(=O)c2cc(C(C)=O)cn2C)sc(C)c1CC. The first-order chi connectivity index (χ1) is 11.8. The lowest BCUT2D eigenvalue weighted by Gasteiger charge is -2.08. The normalized spacial score (nSPS) is 10.6. The molecule has 0 aliphatic heterocycles. The van der Waals surface area contributed by atoms with Crippen LogP contribution in [0.15, 0.2) is 12.3 Å². The number of hydrogen-bond donors (Lipinski definition) is 1. The minimum atomic E-state index is -0.435. The van der Waals surface area contributed by atoms with Crippen molar-refractivity contribution in [3.05, 3.63) is 39.5 Å². The standard InChI is InChI=1S/C18H22N2O4S/c1-6-13-11(4)25-17(15(13)18(23)24-7-2)19-16(22)14-8-12(10(3)21)9-20(14)5/h8-9H,6-7H2,1-5H3,(H,19,22). The van der Waals surface area contributed by atoms with E-state index in [1.807, 2.05) is 13.8 Å². The molecule has 0 fully saturated rings. The van der Waals surface area contributed by atoms with Gasteiger partial charge in [0.2, 0.25) is 0 Å². The zero-order chi connectivity index (χ0) is 18.7. The first-order valence-electron chi connectivity index (χ1n) is 8.08. The van der Waals surface area contributed by atoms with Crippen LogP contribution >= 0.6 is 11.3 Å². The van der Waals surface area contributed by atoms with Gasteiger partial charge >= 0.3 is 5.97 Å². The van der Waals surface area contributed by atoms with E-state index in [0.717, 1.165) is 10.4 Å². The predicted octanol–water partition coefficient (Wildman–Crippen LogP) is 3.59. The number of esters is 1. The fraction of sp³-hybridized carbons (Fsp3) is 0.389. The van der Waals surface area contributed by atoms with E-state index in [9.17, 15) is 14.4 Å². The Balaban J connectivity index is 2.38. The maximum atomic E-state index is 12.6. The second kappa shape index (κ2) is 7.65. The maximum absolute atomic E-state index is 12.6. The van der Waals surface area contributed by atoms with Crippen molar-refractivity contribution in [3.8, 4) is 0 Å². The molecule has 6 nitrogen and oxygen atoms in total. The van der Waals surface area contributed by atoms with Crippen LogP contribution in [0.5, 0.6) is 0 Å². The molecule has 2 aromatic rings. The van der Waals surface area contributed by atoms with Gasteiger partial charge in [-0.1, -0.05) is 6.92 Å². The number of anilines is 1. The van der Waals surface area contributed by atoms with Gasteiger partial charge in [0, 0.05) is 23.7 Å². The van der Waals surface area contributed by atoms with Gasteiger partial charge in [-0.05, 0) is 38.8 Å². The van der Waals surface area contributed by atoms with Crippen LogP contribution in [0.1, 0.15) is 62.4 Å². The Morgan fingerprint density at radius 2 is 1.96 bits per heavy atom. The van der Waals surface area contributed by atoms with Crippen molar-refractivity contribution in [2.75, 3.05) is 11.9 Å². The van der Waals surface area contributed by atoms with E-state index in [2.05, 4.69) is 5.32 Å². The van der Waals surface area contributed by atoms with Gasteiger partial charge in [0.25, 0.3) is 5.91 Å². The van der Waals surface area contributed by atoms with Crippen LogP contribution in [0.2, 0.25) is 0 Å². The van der Waals surface area contributed by atoms with Gasteiger partial charge in [-0.15, -0.1) is 11.3 Å². The Kier molecular flexibility index (Phi) is 5.79. The Bertz CT molecular complexity index is 832. The summed E-state index contributed by atoms with van der Waals surface area (Å²) in [6.45, 7) is 7.34. The number of nitrogens with zero attached hydrogens (tertiary/aromatic N) is 1. The lowest BCUT2D eigenvalue weighted by atomic mass is 10.1. The number of carbonyl (C=O) groups is 3. The van der Waals surface area contributed by atoms with Gasteiger partial charge in [0.05, 0.1) is 12.2 Å². The number of carbonyl (C=O) groups excluding carboxylic acids is 3. The van der Waals surface area contributed by atoms with Crippen LogP contribution in [0.4, 0.5) is 5.00 Å². The Hall–Kier alpha value is -2.41. The highest BCUT2D eigenvalue weighted by Crippen LogP contribution is 2.34. The molecule has 0 spiro atoms. The molecular formula is C18H22N2O4S. The van der Waals surface area contributed by atoms with E-state index in [1.54, 1.807) is 30.8 Å². The third-order valence-corrected chi connectivity index (χ3v) is 4.98. The summed E-state index contributed by atoms with van der Waals surface area (Å²) in [7, 11) is 1.70. The molecule has 0 radical (unpaired) electrons. The Morgan fingerprint density at radius 3 is 2.48 bits per heavy atom. The lowest BCUT2D eigenvalue weighted by Crippen LogP contribution is -2.17. The quantitative estimate of drug-likeness (QED) is 0.629. The van der Waals surface area contributed by atoms with E-state index < -0.39 is 5.97 Å². The van der Waals surface area contributed by atoms with Crippen LogP contribution in [-0.2, 0) is 18.2 Å². The number of Topliss-reactive ketones (excluding diaryl/α,β-unsaturated/α-hetero) is 1. The summed E-state index contributed by atoms with van der Waals surface area (Å²) in [6, 6.07) is 1.54. The van der Waals surface area contributed by atoms with Crippen LogP contribution < -0.4 is 5.32 Å². The second-order valence-electron chi connectivity index (χ2n) is 5.65. The second-order valence-corrected chi connectivity index (χ2v) is 6.87. The lowest BCUT2D eigenvalue weighted by molar-refractivity contribution is 0.0526. The summed E-state index contributed by atoms with van der Waals surface area (Å²) in [5.74, 6) is -0.915. The first-order valence-corrected chi connectivity index (χ1v) is 8.89. The van der Waals surface area contributed by atoms with Gasteiger partial charge < -0.3 is 14.6 Å². The molecule has 0 aliphatic rings. The van der Waals surface area contributed by atoms with Crippen molar-refractivity contribution in [3.63, 3.8) is 0 Å². The first kappa shape index (κ1) is 18.9. The van der Waals surface area contributed by atoms with Crippen molar-refractivity contribution < 1.29 is 19.1 Å². The van der Waals surface area contributed by atoms with Crippen molar-refractivity contribution >= 4 is 34.0 Å². The van der Waals surface area contributed by atoms with Crippen LogP contribution in [0, 0.1) is 6.92 Å². The topological polar surface area (TPSA) is 77.4 Å². The molecule has 0 atom stereocenters. The number of nitrogens with one attached hydrogen (secondary N) is 1. The molecule has 2 rings (SSSR count). The highest BCUT2D eigenvalue weighted by atomic mass is 32.1. The Labute approximate surface area is 150 Å². The fourth-order valence-corrected chi connectivity index (χ4v) is 3.79. The molecule has 134 valence electrons. The van der Waals surface area contributed by atoms with E-state index in [0.29, 0.717) is 28.2 Å². The predicted molar refractivity (Wildman–Crippen MR) is 97.8 cm³/mol. The molecule has 0 aliphatic carbocycles. The summed E-state index contributed by atoms with van der Waals surface area (Å²) >= 11 is 1.35. The van der Waals surface area contributed by atoms with Gasteiger partial charge in [-0.25, -0.2) is 4.79 Å². The number of ether oxygens (including phenoxy) is 1. The molecule has 0 bridgehead atoms. The monoisotopic (exact) mass is 362 g/mol. The molecule has 7 heteroatoms. The molecule has 1 amide bonds. The minimum Gasteiger partial charge on any atom is -0.462 e. The number of aromatic nitrogens is 1. The largest absolute Gasteiger partial charge is 0.462 e. The van der Waals surface area contributed by atoms with Gasteiger partial charge in [0.1, 0.15) is 10.7 Å². The highest BCUT2D eigenvalue weighted by Gasteiger charge is 2.24. The van der Waals surface area contributed by atoms with E-state index in [-0.39, 0.29) is 18.3 Å². The molecule has 0 unspecified atom stereocenters. The Morgan fingerprint density at radius 1 is 1.28 bits per heavy atom. The average molecular weight is 362 g/mol. The minimum absolute atomic E-state index is 0.109. The van der Waals surface area contributed by atoms with Gasteiger partial charge in [-0.3, -0.25) is 9.59 Å². The van der Waals surface area contributed by atoms with Crippen LogP contribution in [0.25, 0.3) is 0 Å². The van der Waals surface area contributed by atoms with Crippen LogP contribution in [0.3, 0.4) is 0 Å². The average Bonchev–Trinajstić information content (AvgIpc) is 3.07. The summed E-state index contributed by atoms with van der Waals surface area (Å²) in [4.78, 5) is 37.4. The van der Waals surface area contributed by atoms with E-state index >= 15 is 0 Å². The molecule has 0 saturated carbocycles. The van der Waals surface area contributed by atoms with Crippen molar-refractivity contribution in [2.45, 2.75) is 34.1 Å². The van der Waals surface area contributed by atoms with Crippen molar-refractivity contribution in [2.24, 2.45) is 7.05 Å². The summed E-state index contributed by atoms with van der Waals surface area (Å²) in [5.41, 5.74) is 2.12. The molecule has 1 N–H and O–H groups in total. The van der Waals surface area contributed by atoms with Crippen molar-refractivity contribution in [1.29, 1.82) is 0 Å². The number of hydrogen-bond acceptors (Lipinski definition) is 5. The number of amides is 1. The molecule has 2 aromatic heterocycles. The third kappa shape index (κ3) is 3.82. The number of rotatable bonds is 6. The zero-order valence-electron chi connectivity index (χ0n) is 15.1. The smallest absolute Gasteiger partial charge is 0.341 e. The molecule has 0 aromatic carbocycles. The highest BCUT2D eigenvalue weighted by molar-refractivity contribution is 7.16. The summed E-state index contributed by atoms with van der Waals surface area (Å²) < 4.78 is 6.73. The number of thiophene rings is 1. The molecule has 2 heterocycles. The van der Waals surface area contributed by atoms with Gasteiger partial charge in [-0.2, -0.15) is 0 Å². The molecule has 0 saturated heterocycles. The molecular weight excluding hydrogens is 340 g/mol. The maximum Gasteiger partial charge on any atom is 0.341 e.